The number of nitrogen functional groups attached to an aromatic ring is 1. The SMILES string of the molecule is Nc1ncc([C@H]2CC[C@H](NC(=O)O)CC2)nc1-c1ccc(C(=O)N[C@H](CO)c2cccc(Cl)c2)c(F)c1. The van der Waals surface area contributed by atoms with Crippen molar-refractivity contribution in [3.8, 4) is 11.3 Å². The van der Waals surface area contributed by atoms with E-state index in [0.29, 0.717) is 40.4 Å². The zero-order valence-corrected chi connectivity index (χ0v) is 20.6. The van der Waals surface area contributed by atoms with Crippen molar-refractivity contribution in [3.63, 3.8) is 0 Å². The first kappa shape index (κ1) is 26.3. The molecular weight excluding hydrogens is 501 g/mol. The van der Waals surface area contributed by atoms with Crippen LogP contribution in [0.2, 0.25) is 5.02 Å². The van der Waals surface area contributed by atoms with Crippen LogP contribution in [-0.2, 0) is 0 Å². The lowest BCUT2D eigenvalue weighted by Crippen LogP contribution is -2.36. The number of nitrogens with two attached hydrogens (primary N) is 1. The Bertz CT molecular complexity index is 1300. The van der Waals surface area contributed by atoms with Gasteiger partial charge in [0.2, 0.25) is 0 Å². The molecule has 0 aliphatic heterocycles. The first-order chi connectivity index (χ1) is 17.7. The fourth-order valence-corrected chi connectivity index (χ4v) is 4.77. The molecule has 1 heterocycles. The second kappa shape index (κ2) is 11.5. The fraction of sp³-hybridized carbons (Fsp3) is 0.308. The van der Waals surface area contributed by atoms with Crippen LogP contribution in [0.25, 0.3) is 11.3 Å². The predicted octanol–water partition coefficient (Wildman–Crippen LogP) is 4.28. The Morgan fingerprint density at radius 1 is 1.16 bits per heavy atom. The Labute approximate surface area is 217 Å². The topological polar surface area (TPSA) is 150 Å². The summed E-state index contributed by atoms with van der Waals surface area (Å²) in [5, 5.41) is 24.2. The van der Waals surface area contributed by atoms with E-state index in [2.05, 4.69) is 20.6 Å². The van der Waals surface area contributed by atoms with Crippen LogP contribution in [-0.4, -0.2) is 44.8 Å². The summed E-state index contributed by atoms with van der Waals surface area (Å²) in [5.74, 6) is -1.26. The van der Waals surface area contributed by atoms with Gasteiger partial charge >= 0.3 is 6.09 Å². The summed E-state index contributed by atoms with van der Waals surface area (Å²) >= 11 is 6.00. The van der Waals surface area contributed by atoms with Crippen LogP contribution in [0.1, 0.15) is 59.3 Å². The van der Waals surface area contributed by atoms with Gasteiger partial charge in [0.25, 0.3) is 5.91 Å². The lowest BCUT2D eigenvalue weighted by atomic mass is 9.84. The van der Waals surface area contributed by atoms with Crippen LogP contribution in [0.4, 0.5) is 15.0 Å². The lowest BCUT2D eigenvalue weighted by Gasteiger charge is -2.28. The second-order valence-corrected chi connectivity index (χ2v) is 9.42. The first-order valence-electron chi connectivity index (χ1n) is 11.8. The summed E-state index contributed by atoms with van der Waals surface area (Å²) in [6.07, 6.45) is 3.39. The van der Waals surface area contributed by atoms with Gasteiger partial charge in [-0.1, -0.05) is 29.8 Å². The largest absolute Gasteiger partial charge is 0.465 e. The Hall–Kier alpha value is -3.76. The predicted molar refractivity (Wildman–Crippen MR) is 137 cm³/mol. The number of benzene rings is 2. The molecule has 0 radical (unpaired) electrons. The smallest absolute Gasteiger partial charge is 0.404 e. The molecule has 0 unspecified atom stereocenters. The number of aromatic nitrogens is 2. The highest BCUT2D eigenvalue weighted by Crippen LogP contribution is 2.34. The molecule has 9 nitrogen and oxygen atoms in total. The van der Waals surface area contributed by atoms with Crippen molar-refractivity contribution in [2.24, 2.45) is 0 Å². The van der Waals surface area contributed by atoms with E-state index in [1.807, 2.05) is 0 Å². The van der Waals surface area contributed by atoms with Crippen molar-refractivity contribution in [1.29, 1.82) is 0 Å². The van der Waals surface area contributed by atoms with Crippen LogP contribution >= 0.6 is 11.6 Å². The minimum absolute atomic E-state index is 0.0792. The molecule has 0 bridgehead atoms. The van der Waals surface area contributed by atoms with Gasteiger partial charge < -0.3 is 26.6 Å². The standard InChI is InChI=1S/C26H27ClFN5O4/c27-17-3-1-2-15(10-17)22(13-34)33-25(35)19-9-6-16(11-20(19)28)23-24(29)30-12-21(32-23)14-4-7-18(8-5-14)31-26(36)37/h1-3,6,9-12,14,18,22,31,34H,4-5,7-8,13H2,(H2,29,30)(H,33,35)(H,36,37)/t14-,18-,22-/m1/s1. The Kier molecular flexibility index (Phi) is 8.20. The number of nitrogens with zero attached hydrogens (tertiary/aromatic N) is 2. The van der Waals surface area contributed by atoms with E-state index in [4.69, 9.17) is 22.4 Å². The molecule has 194 valence electrons. The highest BCUT2D eigenvalue weighted by atomic mass is 35.5. The maximum atomic E-state index is 15.1. The summed E-state index contributed by atoms with van der Waals surface area (Å²) in [4.78, 5) is 32.5. The number of aliphatic hydroxyl groups excluding tert-OH is 1. The van der Waals surface area contributed by atoms with E-state index in [0.717, 1.165) is 12.8 Å². The summed E-state index contributed by atoms with van der Waals surface area (Å²) < 4.78 is 15.1. The van der Waals surface area contributed by atoms with Crippen molar-refractivity contribution in [3.05, 3.63) is 76.3 Å². The lowest BCUT2D eigenvalue weighted by molar-refractivity contribution is 0.0912. The number of hydrogen-bond donors (Lipinski definition) is 5. The van der Waals surface area contributed by atoms with Gasteiger partial charge in [-0.05, 0) is 55.5 Å². The molecule has 2 amide bonds. The number of rotatable bonds is 7. The number of aliphatic hydroxyl groups is 1. The number of anilines is 1. The number of nitrogens with one attached hydrogen (secondary N) is 2. The Morgan fingerprint density at radius 2 is 1.92 bits per heavy atom. The molecule has 1 saturated carbocycles. The maximum absolute atomic E-state index is 15.1. The van der Waals surface area contributed by atoms with E-state index in [1.54, 1.807) is 36.5 Å². The molecule has 1 atom stereocenters. The summed E-state index contributed by atoms with van der Waals surface area (Å²) in [7, 11) is 0. The van der Waals surface area contributed by atoms with Gasteiger partial charge in [-0.15, -0.1) is 0 Å². The number of carboxylic acid groups (broad SMARTS) is 1. The number of hydrogen-bond acceptors (Lipinski definition) is 6. The molecule has 11 heteroatoms. The third-order valence-corrected chi connectivity index (χ3v) is 6.75. The van der Waals surface area contributed by atoms with E-state index in [9.17, 15) is 14.7 Å². The number of amides is 2. The molecule has 6 N–H and O–H groups in total. The minimum atomic E-state index is -1.03. The van der Waals surface area contributed by atoms with E-state index >= 15 is 4.39 Å². The zero-order chi connectivity index (χ0) is 26.5. The van der Waals surface area contributed by atoms with Crippen molar-refractivity contribution in [2.45, 2.75) is 43.7 Å². The van der Waals surface area contributed by atoms with E-state index in [1.165, 1.54) is 12.1 Å². The van der Waals surface area contributed by atoms with Crippen molar-refractivity contribution >= 4 is 29.4 Å². The Balaban J connectivity index is 1.50. The summed E-state index contributed by atoms with van der Waals surface area (Å²) in [6, 6.07) is 9.90. The summed E-state index contributed by atoms with van der Waals surface area (Å²) in [6.45, 7) is -0.390. The van der Waals surface area contributed by atoms with E-state index in [-0.39, 0.29) is 29.9 Å². The molecule has 1 aliphatic rings. The molecule has 4 rings (SSSR count). The Morgan fingerprint density at radius 3 is 2.57 bits per heavy atom. The van der Waals surface area contributed by atoms with Gasteiger partial charge in [0, 0.05) is 22.5 Å². The van der Waals surface area contributed by atoms with Gasteiger partial charge in [0.15, 0.2) is 0 Å². The highest BCUT2D eigenvalue weighted by Gasteiger charge is 2.26. The average molecular weight is 528 g/mol. The normalized spacial score (nSPS) is 18.1. The molecule has 1 aliphatic carbocycles. The van der Waals surface area contributed by atoms with Gasteiger partial charge in [-0.3, -0.25) is 4.79 Å². The maximum Gasteiger partial charge on any atom is 0.404 e. The van der Waals surface area contributed by atoms with Gasteiger partial charge in [-0.25, -0.2) is 19.2 Å². The quantitative estimate of drug-likeness (QED) is 0.308. The molecule has 37 heavy (non-hydrogen) atoms. The molecule has 0 saturated heterocycles. The number of halogens is 2. The number of carbonyl (C=O) groups excluding carboxylic acids is 1. The van der Waals surface area contributed by atoms with Crippen molar-refractivity contribution < 1.29 is 24.2 Å². The molecular formula is C26H27ClFN5O4. The molecule has 1 fully saturated rings. The third-order valence-electron chi connectivity index (χ3n) is 6.52. The van der Waals surface area contributed by atoms with Crippen LogP contribution < -0.4 is 16.4 Å². The molecule has 2 aromatic carbocycles. The zero-order valence-electron chi connectivity index (χ0n) is 19.8. The van der Waals surface area contributed by atoms with Crippen LogP contribution in [0.5, 0.6) is 0 Å². The van der Waals surface area contributed by atoms with Crippen LogP contribution in [0.3, 0.4) is 0 Å². The van der Waals surface area contributed by atoms with Crippen molar-refractivity contribution in [2.75, 3.05) is 12.3 Å². The molecule has 3 aromatic rings. The fourth-order valence-electron chi connectivity index (χ4n) is 4.57. The van der Waals surface area contributed by atoms with Crippen molar-refractivity contribution in [1.82, 2.24) is 20.6 Å². The van der Waals surface area contributed by atoms with Crippen LogP contribution in [0, 0.1) is 5.82 Å². The summed E-state index contributed by atoms with van der Waals surface area (Å²) in [5.41, 5.74) is 7.82. The minimum Gasteiger partial charge on any atom is -0.465 e. The third kappa shape index (κ3) is 6.33. The van der Waals surface area contributed by atoms with Gasteiger partial charge in [0.05, 0.1) is 30.1 Å². The monoisotopic (exact) mass is 527 g/mol. The van der Waals surface area contributed by atoms with E-state index < -0.39 is 23.9 Å². The first-order valence-corrected chi connectivity index (χ1v) is 12.2. The van der Waals surface area contributed by atoms with Crippen LogP contribution in [0.15, 0.2) is 48.7 Å². The number of carbonyl (C=O) groups is 2. The van der Waals surface area contributed by atoms with Gasteiger partial charge in [-0.2, -0.15) is 0 Å². The molecule has 1 aromatic heterocycles. The average Bonchev–Trinajstić information content (AvgIpc) is 2.87. The highest BCUT2D eigenvalue weighted by molar-refractivity contribution is 6.30. The molecule has 0 spiro atoms. The second-order valence-electron chi connectivity index (χ2n) is 8.99. The van der Waals surface area contributed by atoms with Gasteiger partial charge in [0.1, 0.15) is 17.3 Å².